The van der Waals surface area contributed by atoms with Gasteiger partial charge in [-0.1, -0.05) is 0 Å². The maximum Gasteiger partial charge on any atom is 0.238 e. The third-order valence-corrected chi connectivity index (χ3v) is 5.87. The molecule has 0 aliphatic carbocycles. The van der Waals surface area contributed by atoms with Crippen molar-refractivity contribution in [2.75, 3.05) is 50.0 Å². The highest BCUT2D eigenvalue weighted by molar-refractivity contribution is 5.92. The third kappa shape index (κ3) is 8.63. The lowest BCUT2D eigenvalue weighted by Crippen LogP contribution is -2.33. The van der Waals surface area contributed by atoms with Crippen molar-refractivity contribution >= 4 is 23.2 Å². The summed E-state index contributed by atoms with van der Waals surface area (Å²) in [7, 11) is 0. The first-order valence-corrected chi connectivity index (χ1v) is 12.3. The van der Waals surface area contributed by atoms with Gasteiger partial charge < -0.3 is 35.5 Å². The molecule has 2 aromatic carbocycles. The van der Waals surface area contributed by atoms with Gasteiger partial charge in [0.15, 0.2) is 0 Å². The molecule has 2 fully saturated rings. The predicted octanol–water partition coefficient (Wildman–Crippen LogP) is 2.89. The zero-order chi connectivity index (χ0) is 24.3. The average Bonchev–Trinajstić information content (AvgIpc) is 3.56. The van der Waals surface area contributed by atoms with Crippen molar-refractivity contribution in [1.82, 2.24) is 10.6 Å². The fraction of sp³-hybridized carbons (Fsp3) is 0.462. The topological polar surface area (TPSA) is 110 Å². The molecular formula is C26H34N4O5. The van der Waals surface area contributed by atoms with E-state index in [0.717, 1.165) is 38.9 Å². The minimum absolute atomic E-state index is 0.101. The highest BCUT2D eigenvalue weighted by atomic mass is 16.5. The maximum atomic E-state index is 12.1. The Labute approximate surface area is 205 Å². The lowest BCUT2D eigenvalue weighted by Gasteiger charge is -2.12. The van der Waals surface area contributed by atoms with E-state index in [1.54, 1.807) is 48.5 Å². The Morgan fingerprint density at radius 2 is 1.14 bits per heavy atom. The number of ether oxygens (including phenoxy) is 3. The van der Waals surface area contributed by atoms with E-state index in [9.17, 15) is 9.59 Å². The van der Waals surface area contributed by atoms with Crippen molar-refractivity contribution < 1.29 is 23.8 Å². The molecule has 2 heterocycles. The Kier molecular flexibility index (Phi) is 9.47. The van der Waals surface area contributed by atoms with Crippen molar-refractivity contribution in [2.24, 2.45) is 0 Å². The molecule has 0 bridgehead atoms. The van der Waals surface area contributed by atoms with Gasteiger partial charge in [-0.2, -0.15) is 0 Å². The largest absolute Gasteiger partial charge is 0.457 e. The van der Waals surface area contributed by atoms with Crippen LogP contribution in [0.3, 0.4) is 0 Å². The molecule has 35 heavy (non-hydrogen) atoms. The third-order valence-electron chi connectivity index (χ3n) is 5.87. The van der Waals surface area contributed by atoms with Crippen LogP contribution in [0.1, 0.15) is 25.7 Å². The Morgan fingerprint density at radius 3 is 1.51 bits per heavy atom. The number of hydrogen-bond acceptors (Lipinski definition) is 7. The molecule has 2 aliphatic heterocycles. The molecule has 0 saturated carbocycles. The molecule has 2 unspecified atom stereocenters. The van der Waals surface area contributed by atoms with Gasteiger partial charge in [0.1, 0.15) is 11.5 Å². The SMILES string of the molecule is O=C(CNCC1CCCO1)Nc1ccc(Oc2ccc(NC(=O)CNCC3CCCO3)cc2)cc1. The van der Waals surface area contributed by atoms with E-state index in [4.69, 9.17) is 14.2 Å². The molecule has 0 spiro atoms. The summed E-state index contributed by atoms with van der Waals surface area (Å²) in [5.41, 5.74) is 1.40. The van der Waals surface area contributed by atoms with Gasteiger partial charge in [-0.05, 0) is 74.2 Å². The predicted molar refractivity (Wildman–Crippen MR) is 134 cm³/mol. The first-order valence-electron chi connectivity index (χ1n) is 12.3. The summed E-state index contributed by atoms with van der Waals surface area (Å²) in [6, 6.07) is 14.4. The van der Waals surface area contributed by atoms with Crippen LogP contribution in [-0.2, 0) is 19.1 Å². The highest BCUT2D eigenvalue weighted by Gasteiger charge is 2.16. The molecule has 0 aromatic heterocycles. The summed E-state index contributed by atoms with van der Waals surface area (Å²) in [6.45, 7) is 3.48. The molecule has 2 amide bonds. The van der Waals surface area contributed by atoms with Gasteiger partial charge in [-0.3, -0.25) is 9.59 Å². The molecular weight excluding hydrogens is 448 g/mol. The smallest absolute Gasteiger partial charge is 0.238 e. The summed E-state index contributed by atoms with van der Waals surface area (Å²) in [4.78, 5) is 24.2. The Morgan fingerprint density at radius 1 is 0.714 bits per heavy atom. The number of hydrogen-bond donors (Lipinski definition) is 4. The summed E-state index contributed by atoms with van der Waals surface area (Å²) in [5.74, 6) is 1.09. The van der Waals surface area contributed by atoms with Gasteiger partial charge >= 0.3 is 0 Å². The van der Waals surface area contributed by atoms with Gasteiger partial charge in [-0.25, -0.2) is 0 Å². The van der Waals surface area contributed by atoms with Crippen LogP contribution in [0, 0.1) is 0 Å². The second kappa shape index (κ2) is 13.2. The van der Waals surface area contributed by atoms with Crippen LogP contribution >= 0.6 is 0 Å². The second-order valence-electron chi connectivity index (χ2n) is 8.78. The summed E-state index contributed by atoms with van der Waals surface area (Å²) in [6.07, 6.45) is 4.68. The first kappa shape index (κ1) is 25.1. The van der Waals surface area contributed by atoms with Crippen LogP contribution in [0.4, 0.5) is 11.4 Å². The van der Waals surface area contributed by atoms with Crippen LogP contribution in [0.15, 0.2) is 48.5 Å². The molecule has 2 aliphatic rings. The van der Waals surface area contributed by atoms with Crippen molar-refractivity contribution in [3.8, 4) is 11.5 Å². The molecule has 188 valence electrons. The lowest BCUT2D eigenvalue weighted by molar-refractivity contribution is -0.116. The van der Waals surface area contributed by atoms with Crippen molar-refractivity contribution in [1.29, 1.82) is 0 Å². The fourth-order valence-corrected chi connectivity index (χ4v) is 4.06. The summed E-state index contributed by atoms with van der Waals surface area (Å²) in [5, 5.41) is 12.0. The van der Waals surface area contributed by atoms with Gasteiger partial charge in [0, 0.05) is 37.7 Å². The van der Waals surface area contributed by atoms with Crippen molar-refractivity contribution in [2.45, 2.75) is 37.9 Å². The van der Waals surface area contributed by atoms with E-state index in [-0.39, 0.29) is 37.1 Å². The van der Waals surface area contributed by atoms with Crippen LogP contribution in [0.2, 0.25) is 0 Å². The molecule has 0 radical (unpaired) electrons. The van der Waals surface area contributed by atoms with Gasteiger partial charge in [0.05, 0.1) is 25.3 Å². The monoisotopic (exact) mass is 482 g/mol. The van der Waals surface area contributed by atoms with Crippen LogP contribution < -0.4 is 26.0 Å². The molecule has 9 nitrogen and oxygen atoms in total. The number of benzene rings is 2. The van der Waals surface area contributed by atoms with E-state index < -0.39 is 0 Å². The second-order valence-corrected chi connectivity index (χ2v) is 8.78. The first-order chi connectivity index (χ1) is 17.1. The maximum absolute atomic E-state index is 12.1. The number of rotatable bonds is 12. The number of anilines is 2. The van der Waals surface area contributed by atoms with E-state index in [2.05, 4.69) is 21.3 Å². The Balaban J connectivity index is 1.15. The van der Waals surface area contributed by atoms with E-state index >= 15 is 0 Å². The van der Waals surface area contributed by atoms with Gasteiger partial charge in [0.25, 0.3) is 0 Å². The van der Waals surface area contributed by atoms with E-state index in [0.29, 0.717) is 36.0 Å². The number of carbonyl (C=O) groups excluding carboxylic acids is 2. The average molecular weight is 483 g/mol. The van der Waals surface area contributed by atoms with E-state index in [1.165, 1.54) is 0 Å². The van der Waals surface area contributed by atoms with Gasteiger partial charge in [-0.15, -0.1) is 0 Å². The van der Waals surface area contributed by atoms with Crippen LogP contribution in [-0.4, -0.2) is 63.4 Å². The van der Waals surface area contributed by atoms with E-state index in [1.807, 2.05) is 0 Å². The van der Waals surface area contributed by atoms with Crippen LogP contribution in [0.5, 0.6) is 11.5 Å². The molecule has 9 heteroatoms. The van der Waals surface area contributed by atoms with Crippen molar-refractivity contribution in [3.05, 3.63) is 48.5 Å². The summed E-state index contributed by atoms with van der Waals surface area (Å²) < 4.78 is 16.9. The molecule has 2 saturated heterocycles. The molecule has 2 atom stereocenters. The van der Waals surface area contributed by atoms with Crippen molar-refractivity contribution in [3.63, 3.8) is 0 Å². The molecule has 2 aromatic rings. The molecule has 4 rings (SSSR count). The number of carbonyl (C=O) groups is 2. The molecule has 4 N–H and O–H groups in total. The zero-order valence-corrected chi connectivity index (χ0v) is 19.9. The van der Waals surface area contributed by atoms with Crippen LogP contribution in [0.25, 0.3) is 0 Å². The van der Waals surface area contributed by atoms with Gasteiger partial charge in [0.2, 0.25) is 11.8 Å². The minimum atomic E-state index is -0.101. The fourth-order valence-electron chi connectivity index (χ4n) is 4.06. The standard InChI is InChI=1S/C26H34N4O5/c31-25(17-27-15-23-3-1-13-33-23)29-19-5-9-21(10-6-19)35-22-11-7-20(8-12-22)30-26(32)18-28-16-24-4-2-14-34-24/h5-12,23-24,27-28H,1-4,13-18H2,(H,29,31)(H,30,32). The Hall–Kier alpha value is -2.98. The quantitative estimate of drug-likeness (QED) is 0.368. The Bertz CT molecular complexity index is 862. The highest BCUT2D eigenvalue weighted by Crippen LogP contribution is 2.24. The number of nitrogens with one attached hydrogen (secondary N) is 4. The lowest BCUT2D eigenvalue weighted by atomic mass is 10.2. The summed E-state index contributed by atoms with van der Waals surface area (Å²) >= 11 is 0. The minimum Gasteiger partial charge on any atom is -0.457 e. The number of amides is 2. The normalized spacial score (nSPS) is 19.4. The zero-order valence-electron chi connectivity index (χ0n) is 19.9.